The van der Waals surface area contributed by atoms with Crippen molar-refractivity contribution in [2.45, 2.75) is 26.5 Å². The molecule has 1 fully saturated rings. The molecule has 7 heteroatoms. The predicted molar refractivity (Wildman–Crippen MR) is 97.0 cm³/mol. The highest BCUT2D eigenvalue weighted by Crippen LogP contribution is 2.17. The molecule has 0 spiro atoms. The molecule has 6 nitrogen and oxygen atoms in total. The summed E-state index contributed by atoms with van der Waals surface area (Å²) in [5.41, 5.74) is 3.21. The van der Waals surface area contributed by atoms with Gasteiger partial charge >= 0.3 is 0 Å². The molecule has 1 aromatic carbocycles. The van der Waals surface area contributed by atoms with E-state index >= 15 is 0 Å². The Morgan fingerprint density at radius 2 is 2.08 bits per heavy atom. The van der Waals surface area contributed by atoms with Crippen molar-refractivity contribution in [3.63, 3.8) is 0 Å². The first-order valence-corrected chi connectivity index (χ1v) is 8.79. The molecule has 1 saturated heterocycles. The van der Waals surface area contributed by atoms with E-state index in [-0.39, 0.29) is 11.8 Å². The van der Waals surface area contributed by atoms with Crippen molar-refractivity contribution in [1.82, 2.24) is 20.4 Å². The molecule has 2 unspecified atom stereocenters. The molecule has 2 atom stereocenters. The molecule has 0 aliphatic carbocycles. The molecule has 0 radical (unpaired) electrons. The molecule has 134 valence electrons. The normalized spacial score (nSPS) is 20.0. The molecule has 1 aliphatic heterocycles. The second-order valence-corrected chi connectivity index (χ2v) is 6.96. The van der Waals surface area contributed by atoms with Crippen LogP contribution in [0.15, 0.2) is 24.3 Å². The lowest BCUT2D eigenvalue weighted by Gasteiger charge is -2.14. The van der Waals surface area contributed by atoms with Crippen molar-refractivity contribution in [2.75, 3.05) is 19.6 Å². The number of carbonyl (C=O) groups is 1. The van der Waals surface area contributed by atoms with Crippen LogP contribution in [0.1, 0.15) is 27.3 Å². The highest BCUT2D eigenvalue weighted by Gasteiger charge is 2.26. The average molecular weight is 363 g/mol. The van der Waals surface area contributed by atoms with Gasteiger partial charge in [-0.2, -0.15) is 5.10 Å². The summed E-state index contributed by atoms with van der Waals surface area (Å²) in [6, 6.07) is 7.59. The summed E-state index contributed by atoms with van der Waals surface area (Å²) in [7, 11) is 0. The number of aromatic nitrogens is 2. The van der Waals surface area contributed by atoms with Gasteiger partial charge in [-0.25, -0.2) is 0 Å². The minimum absolute atomic E-state index is 0.0497. The van der Waals surface area contributed by atoms with Crippen LogP contribution in [0.5, 0.6) is 0 Å². The van der Waals surface area contributed by atoms with E-state index in [2.05, 4.69) is 15.7 Å². The fraction of sp³-hybridized carbons (Fsp3) is 0.444. The van der Waals surface area contributed by atoms with Gasteiger partial charge in [-0.05, 0) is 31.5 Å². The largest absolute Gasteiger partial charge is 0.391 e. The lowest BCUT2D eigenvalue weighted by atomic mass is 10.1. The van der Waals surface area contributed by atoms with Crippen LogP contribution in [0.25, 0.3) is 0 Å². The molecule has 1 aliphatic rings. The Morgan fingerprint density at radius 1 is 1.36 bits per heavy atom. The monoisotopic (exact) mass is 362 g/mol. The van der Waals surface area contributed by atoms with Crippen LogP contribution in [-0.2, 0) is 6.54 Å². The van der Waals surface area contributed by atoms with Crippen molar-refractivity contribution in [2.24, 2.45) is 5.92 Å². The Kier molecular flexibility index (Phi) is 5.42. The number of nitrogens with one attached hydrogen (secondary N) is 2. The van der Waals surface area contributed by atoms with Crippen LogP contribution < -0.4 is 10.6 Å². The van der Waals surface area contributed by atoms with E-state index in [1.54, 1.807) is 0 Å². The van der Waals surface area contributed by atoms with Gasteiger partial charge in [0.05, 0.1) is 23.9 Å². The number of hydrogen-bond donors (Lipinski definition) is 3. The van der Waals surface area contributed by atoms with E-state index in [9.17, 15) is 9.90 Å². The number of amides is 1. The molecule has 3 N–H and O–H groups in total. The third-order valence-electron chi connectivity index (χ3n) is 4.68. The second kappa shape index (κ2) is 7.56. The lowest BCUT2D eigenvalue weighted by Crippen LogP contribution is -2.34. The fourth-order valence-electron chi connectivity index (χ4n) is 3.18. The van der Waals surface area contributed by atoms with E-state index < -0.39 is 6.10 Å². The molecule has 2 heterocycles. The minimum Gasteiger partial charge on any atom is -0.391 e. The predicted octanol–water partition coefficient (Wildman–Crippen LogP) is 1.51. The Hall–Kier alpha value is -1.89. The number of halogens is 1. The molecule has 0 saturated carbocycles. The number of carbonyl (C=O) groups excluding carboxylic acids is 1. The van der Waals surface area contributed by atoms with E-state index in [1.165, 1.54) is 0 Å². The molecular formula is C18H23ClN4O2. The molecule has 0 bridgehead atoms. The molecule has 1 aromatic heterocycles. The van der Waals surface area contributed by atoms with Gasteiger partial charge in [-0.3, -0.25) is 9.48 Å². The van der Waals surface area contributed by atoms with Crippen LogP contribution in [0, 0.1) is 19.8 Å². The van der Waals surface area contributed by atoms with Crippen molar-refractivity contribution in [3.05, 3.63) is 51.8 Å². The summed E-state index contributed by atoms with van der Waals surface area (Å²) in [6.07, 6.45) is -0.407. The third-order valence-corrected chi connectivity index (χ3v) is 4.94. The fourth-order valence-corrected chi connectivity index (χ4v) is 3.31. The van der Waals surface area contributed by atoms with Crippen LogP contribution in [0.4, 0.5) is 0 Å². The van der Waals surface area contributed by atoms with Gasteiger partial charge in [0.15, 0.2) is 0 Å². The summed E-state index contributed by atoms with van der Waals surface area (Å²) in [5, 5.41) is 21.1. The standard InChI is InChI=1S/C18H23ClN4O2/c1-11-17(18(25)21-8-14-7-20-9-16(14)24)12(2)23(22-11)10-13-3-5-15(19)6-4-13/h3-6,14,16,20,24H,7-10H2,1-2H3,(H,21,25). The van der Waals surface area contributed by atoms with Gasteiger partial charge in [-0.1, -0.05) is 23.7 Å². The Labute approximate surface area is 152 Å². The smallest absolute Gasteiger partial charge is 0.255 e. The van der Waals surface area contributed by atoms with Crippen molar-refractivity contribution < 1.29 is 9.90 Å². The zero-order valence-electron chi connectivity index (χ0n) is 14.4. The number of β-amino-alcohol motifs (C(OH)–C–C–N with tert-alkyl or cyclic N) is 1. The third kappa shape index (κ3) is 4.03. The van der Waals surface area contributed by atoms with Gasteiger partial charge in [-0.15, -0.1) is 0 Å². The maximum Gasteiger partial charge on any atom is 0.255 e. The topological polar surface area (TPSA) is 79.2 Å². The molecule has 2 aromatic rings. The molecule has 1 amide bonds. The summed E-state index contributed by atoms with van der Waals surface area (Å²) in [5.74, 6) is -0.0925. The number of rotatable bonds is 5. The molecule has 3 rings (SSSR count). The maximum atomic E-state index is 12.6. The van der Waals surface area contributed by atoms with Gasteiger partial charge < -0.3 is 15.7 Å². The van der Waals surface area contributed by atoms with Gasteiger partial charge in [0.25, 0.3) is 5.91 Å². The zero-order chi connectivity index (χ0) is 18.0. The first-order chi connectivity index (χ1) is 12.0. The first-order valence-electron chi connectivity index (χ1n) is 8.41. The number of hydrogen-bond acceptors (Lipinski definition) is 4. The van der Waals surface area contributed by atoms with E-state index in [4.69, 9.17) is 11.6 Å². The Morgan fingerprint density at radius 3 is 2.72 bits per heavy atom. The van der Waals surface area contributed by atoms with Crippen molar-refractivity contribution in [1.29, 1.82) is 0 Å². The summed E-state index contributed by atoms with van der Waals surface area (Å²) >= 11 is 5.92. The highest BCUT2D eigenvalue weighted by atomic mass is 35.5. The quantitative estimate of drug-likeness (QED) is 0.753. The average Bonchev–Trinajstić information content (AvgIpc) is 3.11. The van der Waals surface area contributed by atoms with E-state index in [0.29, 0.717) is 35.9 Å². The molecular weight excluding hydrogens is 340 g/mol. The van der Waals surface area contributed by atoms with Crippen molar-refractivity contribution >= 4 is 17.5 Å². The number of aliphatic hydroxyl groups is 1. The van der Waals surface area contributed by atoms with E-state index in [1.807, 2.05) is 42.8 Å². The SMILES string of the molecule is Cc1nn(Cc2ccc(Cl)cc2)c(C)c1C(=O)NCC1CNCC1O. The van der Waals surface area contributed by atoms with E-state index in [0.717, 1.165) is 17.8 Å². The van der Waals surface area contributed by atoms with Crippen LogP contribution >= 0.6 is 11.6 Å². The second-order valence-electron chi connectivity index (χ2n) is 6.53. The van der Waals surface area contributed by atoms with Gasteiger partial charge in [0, 0.05) is 36.3 Å². The Bertz CT molecular complexity index is 757. The summed E-state index contributed by atoms with van der Waals surface area (Å²) in [4.78, 5) is 12.6. The zero-order valence-corrected chi connectivity index (χ0v) is 15.2. The van der Waals surface area contributed by atoms with Crippen LogP contribution in [0.2, 0.25) is 5.02 Å². The van der Waals surface area contributed by atoms with Crippen molar-refractivity contribution in [3.8, 4) is 0 Å². The summed E-state index contributed by atoms with van der Waals surface area (Å²) < 4.78 is 1.83. The lowest BCUT2D eigenvalue weighted by molar-refractivity contribution is 0.0925. The highest BCUT2D eigenvalue weighted by molar-refractivity contribution is 6.30. The summed E-state index contributed by atoms with van der Waals surface area (Å²) in [6.45, 7) is 6.08. The maximum absolute atomic E-state index is 12.6. The minimum atomic E-state index is -0.407. The van der Waals surface area contributed by atoms with Crippen LogP contribution in [-0.4, -0.2) is 46.5 Å². The Balaban J connectivity index is 1.70. The number of nitrogens with zero attached hydrogens (tertiary/aromatic N) is 2. The number of aryl methyl sites for hydroxylation is 1. The number of benzene rings is 1. The van der Waals surface area contributed by atoms with Gasteiger partial charge in [0.2, 0.25) is 0 Å². The first kappa shape index (κ1) is 17.9. The van der Waals surface area contributed by atoms with Crippen LogP contribution in [0.3, 0.4) is 0 Å². The number of aliphatic hydroxyl groups excluding tert-OH is 1. The molecule has 25 heavy (non-hydrogen) atoms. The van der Waals surface area contributed by atoms with Gasteiger partial charge in [0.1, 0.15) is 0 Å².